The fourth-order valence-corrected chi connectivity index (χ4v) is 0.636. The third-order valence-corrected chi connectivity index (χ3v) is 2.20. The second-order valence-electron chi connectivity index (χ2n) is 3.92. The second kappa shape index (κ2) is 5.82. The smallest absolute Gasteiger partial charge is 0.407 e. The van der Waals surface area contributed by atoms with Gasteiger partial charge in [0.1, 0.15) is 6.61 Å². The van der Waals surface area contributed by atoms with E-state index in [9.17, 15) is 4.79 Å². The molecule has 0 unspecified atom stereocenters. The van der Waals surface area contributed by atoms with Crippen molar-refractivity contribution in [3.8, 4) is 0 Å². The van der Waals surface area contributed by atoms with Gasteiger partial charge >= 0.3 is 6.09 Å². The summed E-state index contributed by atoms with van der Waals surface area (Å²) in [6.45, 7) is 4.42. The predicted octanol–water partition coefficient (Wildman–Crippen LogP) is 0.0451. The molecule has 0 spiro atoms. The highest BCUT2D eigenvalue weighted by molar-refractivity contribution is 5.67. The number of carbonyl (C=O) groups excluding carboxylic acids is 1. The van der Waals surface area contributed by atoms with Crippen molar-refractivity contribution in [3.05, 3.63) is 0 Å². The van der Waals surface area contributed by atoms with Gasteiger partial charge in [0.2, 0.25) is 0 Å². The van der Waals surface area contributed by atoms with Gasteiger partial charge in [-0.1, -0.05) is 0 Å². The molecule has 5 nitrogen and oxygen atoms in total. The third kappa shape index (κ3) is 5.04. The minimum Gasteiger partial charge on any atom is -0.447 e. The molecule has 0 heterocycles. The Morgan fingerprint density at radius 3 is 2.50 bits per heavy atom. The molecule has 0 radical (unpaired) electrons. The van der Waals surface area contributed by atoms with Gasteiger partial charge in [-0.2, -0.15) is 0 Å². The number of hydrogen-bond acceptors (Lipinski definition) is 4. The molecule has 0 atom stereocenters. The lowest BCUT2D eigenvalue weighted by Gasteiger charge is -2.32. The van der Waals surface area contributed by atoms with E-state index in [4.69, 9.17) is 5.11 Å². The SMILES string of the molecule is CN(C)C(C)(C)CNC(=O)OCCO. The van der Waals surface area contributed by atoms with Gasteiger partial charge in [-0.05, 0) is 27.9 Å². The molecule has 0 bridgehead atoms. The zero-order chi connectivity index (χ0) is 11.2. The Balaban J connectivity index is 3.76. The van der Waals surface area contributed by atoms with Crippen LogP contribution in [0.3, 0.4) is 0 Å². The summed E-state index contributed by atoms with van der Waals surface area (Å²) >= 11 is 0. The van der Waals surface area contributed by atoms with E-state index in [1.165, 1.54) is 0 Å². The minimum absolute atomic E-state index is 0.0359. The minimum atomic E-state index is -0.492. The summed E-state index contributed by atoms with van der Waals surface area (Å²) < 4.78 is 4.65. The largest absolute Gasteiger partial charge is 0.447 e. The van der Waals surface area contributed by atoms with E-state index < -0.39 is 6.09 Å². The van der Waals surface area contributed by atoms with Crippen molar-refractivity contribution in [3.63, 3.8) is 0 Å². The van der Waals surface area contributed by atoms with E-state index >= 15 is 0 Å². The lowest BCUT2D eigenvalue weighted by atomic mass is 10.1. The Morgan fingerprint density at radius 1 is 1.50 bits per heavy atom. The number of rotatable bonds is 5. The van der Waals surface area contributed by atoms with Gasteiger partial charge in [0.05, 0.1) is 6.61 Å². The van der Waals surface area contributed by atoms with Gasteiger partial charge in [0, 0.05) is 12.1 Å². The fraction of sp³-hybridized carbons (Fsp3) is 0.889. The second-order valence-corrected chi connectivity index (χ2v) is 3.92. The molecule has 0 rings (SSSR count). The number of nitrogens with zero attached hydrogens (tertiary/aromatic N) is 1. The number of aliphatic hydroxyl groups is 1. The zero-order valence-corrected chi connectivity index (χ0v) is 9.33. The first-order valence-electron chi connectivity index (χ1n) is 4.59. The van der Waals surface area contributed by atoms with Crippen LogP contribution >= 0.6 is 0 Å². The van der Waals surface area contributed by atoms with Gasteiger partial charge in [-0.3, -0.25) is 0 Å². The topological polar surface area (TPSA) is 61.8 Å². The quantitative estimate of drug-likeness (QED) is 0.664. The highest BCUT2D eigenvalue weighted by Crippen LogP contribution is 2.07. The molecular weight excluding hydrogens is 184 g/mol. The Kier molecular flexibility index (Phi) is 5.49. The van der Waals surface area contributed by atoms with Crippen LogP contribution in [-0.4, -0.2) is 55.5 Å². The summed E-state index contributed by atoms with van der Waals surface area (Å²) in [5, 5.41) is 11.0. The molecule has 0 aliphatic carbocycles. The maximum absolute atomic E-state index is 11.0. The van der Waals surface area contributed by atoms with Crippen LogP contribution in [0.15, 0.2) is 0 Å². The molecule has 84 valence electrons. The summed E-state index contributed by atoms with van der Waals surface area (Å²) in [5.41, 5.74) is -0.113. The first-order chi connectivity index (χ1) is 6.40. The lowest BCUT2D eigenvalue weighted by molar-refractivity contribution is 0.112. The summed E-state index contributed by atoms with van der Waals surface area (Å²) in [5.74, 6) is 0. The van der Waals surface area contributed by atoms with Crippen LogP contribution < -0.4 is 5.32 Å². The van der Waals surface area contributed by atoms with E-state index in [1.807, 2.05) is 32.8 Å². The standard InChI is InChI=1S/C9H20N2O3/c1-9(2,11(3)4)7-10-8(13)14-6-5-12/h12H,5-7H2,1-4H3,(H,10,13). The average molecular weight is 204 g/mol. The number of hydrogen-bond donors (Lipinski definition) is 2. The molecule has 14 heavy (non-hydrogen) atoms. The van der Waals surface area contributed by atoms with Crippen LogP contribution in [0.25, 0.3) is 0 Å². The molecular formula is C9H20N2O3. The van der Waals surface area contributed by atoms with Crippen molar-refractivity contribution in [2.45, 2.75) is 19.4 Å². The number of nitrogens with one attached hydrogen (secondary N) is 1. The van der Waals surface area contributed by atoms with Crippen LogP contribution in [0, 0.1) is 0 Å². The van der Waals surface area contributed by atoms with Crippen molar-refractivity contribution in [2.75, 3.05) is 33.9 Å². The first-order valence-corrected chi connectivity index (χ1v) is 4.59. The normalized spacial score (nSPS) is 11.6. The Bertz CT molecular complexity index is 181. The highest BCUT2D eigenvalue weighted by Gasteiger charge is 2.21. The molecule has 0 fully saturated rings. The van der Waals surface area contributed by atoms with Gasteiger partial charge in [0.15, 0.2) is 0 Å². The summed E-state index contributed by atoms with van der Waals surface area (Å²) in [7, 11) is 3.89. The van der Waals surface area contributed by atoms with Gasteiger partial charge in [-0.15, -0.1) is 0 Å². The van der Waals surface area contributed by atoms with Gasteiger partial charge in [-0.25, -0.2) is 4.79 Å². The summed E-state index contributed by atoms with van der Waals surface area (Å²) in [6.07, 6.45) is -0.492. The Labute approximate surface area is 85.0 Å². The Hall–Kier alpha value is -0.810. The van der Waals surface area contributed by atoms with E-state index in [0.717, 1.165) is 0 Å². The van der Waals surface area contributed by atoms with Gasteiger partial charge in [0.25, 0.3) is 0 Å². The molecule has 0 aromatic carbocycles. The fourth-order valence-electron chi connectivity index (χ4n) is 0.636. The lowest BCUT2D eigenvalue weighted by Crippen LogP contribution is -2.48. The van der Waals surface area contributed by atoms with Crippen molar-refractivity contribution in [1.82, 2.24) is 10.2 Å². The van der Waals surface area contributed by atoms with E-state index in [2.05, 4.69) is 10.1 Å². The predicted molar refractivity (Wildman–Crippen MR) is 54.2 cm³/mol. The van der Waals surface area contributed by atoms with Gasteiger partial charge < -0.3 is 20.1 Å². The molecule has 0 saturated heterocycles. The molecule has 1 amide bonds. The Morgan fingerprint density at radius 2 is 2.07 bits per heavy atom. The number of carbonyl (C=O) groups is 1. The molecule has 2 N–H and O–H groups in total. The molecule has 0 aliphatic rings. The number of aliphatic hydroxyl groups excluding tert-OH is 1. The average Bonchev–Trinajstić information content (AvgIpc) is 2.11. The molecule has 0 aliphatic heterocycles. The van der Waals surface area contributed by atoms with E-state index in [1.54, 1.807) is 0 Å². The first kappa shape index (κ1) is 13.2. The van der Waals surface area contributed by atoms with E-state index in [-0.39, 0.29) is 18.8 Å². The number of amides is 1. The summed E-state index contributed by atoms with van der Waals surface area (Å²) in [4.78, 5) is 13.0. The van der Waals surface area contributed by atoms with Crippen molar-refractivity contribution < 1.29 is 14.6 Å². The zero-order valence-electron chi connectivity index (χ0n) is 9.33. The number of alkyl carbamates (subject to hydrolysis) is 1. The van der Waals surface area contributed by atoms with Crippen LogP contribution in [0.5, 0.6) is 0 Å². The summed E-state index contributed by atoms with van der Waals surface area (Å²) in [6, 6.07) is 0. The highest BCUT2D eigenvalue weighted by atomic mass is 16.6. The maximum atomic E-state index is 11.0. The van der Waals surface area contributed by atoms with Crippen LogP contribution in [0.4, 0.5) is 4.79 Å². The van der Waals surface area contributed by atoms with Crippen molar-refractivity contribution >= 4 is 6.09 Å². The molecule has 0 saturated carbocycles. The number of ether oxygens (including phenoxy) is 1. The molecule has 5 heteroatoms. The maximum Gasteiger partial charge on any atom is 0.407 e. The van der Waals surface area contributed by atoms with Crippen LogP contribution in [0.1, 0.15) is 13.8 Å². The van der Waals surface area contributed by atoms with Crippen molar-refractivity contribution in [2.24, 2.45) is 0 Å². The van der Waals surface area contributed by atoms with E-state index in [0.29, 0.717) is 6.54 Å². The number of likely N-dealkylation sites (N-methyl/N-ethyl adjacent to an activating group) is 1. The third-order valence-electron chi connectivity index (χ3n) is 2.20. The monoisotopic (exact) mass is 204 g/mol. The van der Waals surface area contributed by atoms with Crippen LogP contribution in [0.2, 0.25) is 0 Å². The molecule has 0 aromatic rings. The van der Waals surface area contributed by atoms with Crippen LogP contribution in [-0.2, 0) is 4.74 Å². The van der Waals surface area contributed by atoms with Crippen molar-refractivity contribution in [1.29, 1.82) is 0 Å². The molecule has 0 aromatic heterocycles.